The molecule has 1 rings (SSSR count). The standard InChI is InChI=1S/C13H20N4/c1-3-13(4-2,16-17-15)12(14)10-11-8-6-5-7-9-11/h5-9,12H,3-4,10,14H2,1-2H3. The van der Waals surface area contributed by atoms with Crippen LogP contribution in [-0.4, -0.2) is 11.6 Å². The summed E-state index contributed by atoms with van der Waals surface area (Å²) in [6.45, 7) is 4.03. The van der Waals surface area contributed by atoms with E-state index in [9.17, 15) is 0 Å². The molecule has 2 N–H and O–H groups in total. The summed E-state index contributed by atoms with van der Waals surface area (Å²) in [5, 5.41) is 3.94. The van der Waals surface area contributed by atoms with Crippen LogP contribution in [0.25, 0.3) is 10.4 Å². The van der Waals surface area contributed by atoms with Gasteiger partial charge in [0.1, 0.15) is 0 Å². The van der Waals surface area contributed by atoms with Gasteiger partial charge in [0.2, 0.25) is 0 Å². The molecule has 0 bridgehead atoms. The maximum absolute atomic E-state index is 8.68. The number of nitrogens with zero attached hydrogens (tertiary/aromatic N) is 3. The molecule has 92 valence electrons. The second kappa shape index (κ2) is 6.28. The molecule has 0 fully saturated rings. The average Bonchev–Trinajstić information content (AvgIpc) is 2.37. The van der Waals surface area contributed by atoms with Gasteiger partial charge in [-0.15, -0.1) is 0 Å². The quantitative estimate of drug-likeness (QED) is 0.455. The van der Waals surface area contributed by atoms with Crippen molar-refractivity contribution in [3.05, 3.63) is 46.3 Å². The molecule has 4 nitrogen and oxygen atoms in total. The van der Waals surface area contributed by atoms with Crippen LogP contribution >= 0.6 is 0 Å². The van der Waals surface area contributed by atoms with Crippen LogP contribution in [-0.2, 0) is 6.42 Å². The van der Waals surface area contributed by atoms with Gasteiger partial charge < -0.3 is 5.73 Å². The van der Waals surface area contributed by atoms with Gasteiger partial charge in [-0.2, -0.15) is 0 Å². The fraction of sp³-hybridized carbons (Fsp3) is 0.538. The van der Waals surface area contributed by atoms with Gasteiger partial charge in [0.05, 0.1) is 5.54 Å². The minimum atomic E-state index is -0.468. The molecule has 1 aromatic rings. The van der Waals surface area contributed by atoms with Gasteiger partial charge in [-0.1, -0.05) is 49.3 Å². The Balaban J connectivity index is 2.86. The van der Waals surface area contributed by atoms with Crippen molar-refractivity contribution in [2.24, 2.45) is 10.8 Å². The number of nitrogens with two attached hydrogens (primary N) is 1. The van der Waals surface area contributed by atoms with Gasteiger partial charge in [-0.25, -0.2) is 0 Å². The Labute approximate surface area is 102 Å². The van der Waals surface area contributed by atoms with Crippen LogP contribution in [0.15, 0.2) is 35.4 Å². The molecule has 17 heavy (non-hydrogen) atoms. The highest BCUT2D eigenvalue weighted by molar-refractivity contribution is 5.17. The van der Waals surface area contributed by atoms with E-state index in [-0.39, 0.29) is 6.04 Å². The monoisotopic (exact) mass is 232 g/mol. The summed E-state index contributed by atoms with van der Waals surface area (Å²) in [5.74, 6) is 0. The fourth-order valence-corrected chi connectivity index (χ4v) is 2.14. The van der Waals surface area contributed by atoms with Crippen molar-refractivity contribution in [2.75, 3.05) is 0 Å². The number of azide groups is 1. The molecule has 0 radical (unpaired) electrons. The summed E-state index contributed by atoms with van der Waals surface area (Å²) < 4.78 is 0. The van der Waals surface area contributed by atoms with Gasteiger partial charge in [0.25, 0.3) is 0 Å². The molecule has 0 spiro atoms. The lowest BCUT2D eigenvalue weighted by atomic mass is 9.83. The lowest BCUT2D eigenvalue weighted by Crippen LogP contribution is -2.46. The van der Waals surface area contributed by atoms with E-state index in [0.717, 1.165) is 19.3 Å². The first-order valence-corrected chi connectivity index (χ1v) is 6.04. The Morgan fingerprint density at radius 1 is 1.29 bits per heavy atom. The summed E-state index contributed by atoms with van der Waals surface area (Å²) in [7, 11) is 0. The number of hydrogen-bond donors (Lipinski definition) is 1. The topological polar surface area (TPSA) is 74.8 Å². The van der Waals surface area contributed by atoms with Crippen LogP contribution in [0, 0.1) is 0 Å². The van der Waals surface area contributed by atoms with Gasteiger partial charge >= 0.3 is 0 Å². The molecular formula is C13H20N4. The molecule has 0 aromatic heterocycles. The fourth-order valence-electron chi connectivity index (χ4n) is 2.14. The van der Waals surface area contributed by atoms with E-state index in [1.807, 2.05) is 44.2 Å². The molecule has 1 unspecified atom stereocenters. The van der Waals surface area contributed by atoms with E-state index in [1.54, 1.807) is 0 Å². The Morgan fingerprint density at radius 2 is 1.88 bits per heavy atom. The van der Waals surface area contributed by atoms with Crippen LogP contribution in [0.5, 0.6) is 0 Å². The van der Waals surface area contributed by atoms with Crippen molar-refractivity contribution < 1.29 is 0 Å². The first-order chi connectivity index (χ1) is 8.18. The third-order valence-corrected chi connectivity index (χ3v) is 3.46. The predicted octanol–water partition coefficient (Wildman–Crippen LogP) is 3.43. The van der Waals surface area contributed by atoms with Crippen LogP contribution < -0.4 is 5.73 Å². The highest BCUT2D eigenvalue weighted by Gasteiger charge is 2.32. The van der Waals surface area contributed by atoms with Crippen molar-refractivity contribution in [2.45, 2.75) is 44.7 Å². The maximum Gasteiger partial charge on any atom is 0.0636 e. The van der Waals surface area contributed by atoms with Crippen molar-refractivity contribution in [3.8, 4) is 0 Å². The molecule has 0 saturated carbocycles. The SMILES string of the molecule is CCC(CC)(N=[N+]=[N-])C(N)Cc1ccccc1. The molecule has 0 aliphatic rings. The van der Waals surface area contributed by atoms with Crippen LogP contribution in [0.4, 0.5) is 0 Å². The number of rotatable bonds is 6. The average molecular weight is 232 g/mol. The summed E-state index contributed by atoms with van der Waals surface area (Å²) in [6.07, 6.45) is 2.27. The highest BCUT2D eigenvalue weighted by atomic mass is 15.2. The molecule has 1 aromatic carbocycles. The third kappa shape index (κ3) is 3.22. The second-order valence-corrected chi connectivity index (χ2v) is 4.30. The Morgan fingerprint density at radius 3 is 2.35 bits per heavy atom. The largest absolute Gasteiger partial charge is 0.327 e. The van der Waals surface area contributed by atoms with Crippen molar-refractivity contribution in [1.29, 1.82) is 0 Å². The molecule has 0 amide bonds. The number of hydrogen-bond acceptors (Lipinski definition) is 2. The first kappa shape index (κ1) is 13.6. The van der Waals surface area contributed by atoms with Crippen LogP contribution in [0.3, 0.4) is 0 Å². The molecule has 0 aliphatic heterocycles. The van der Waals surface area contributed by atoms with E-state index in [2.05, 4.69) is 10.0 Å². The Hall–Kier alpha value is -1.51. The second-order valence-electron chi connectivity index (χ2n) is 4.30. The van der Waals surface area contributed by atoms with Gasteiger partial charge in [0, 0.05) is 11.0 Å². The van der Waals surface area contributed by atoms with Crippen LogP contribution in [0.2, 0.25) is 0 Å². The van der Waals surface area contributed by atoms with E-state index in [0.29, 0.717) is 0 Å². The van der Waals surface area contributed by atoms with E-state index in [1.165, 1.54) is 5.56 Å². The third-order valence-electron chi connectivity index (χ3n) is 3.46. The van der Waals surface area contributed by atoms with E-state index >= 15 is 0 Å². The lowest BCUT2D eigenvalue weighted by Gasteiger charge is -2.32. The van der Waals surface area contributed by atoms with Crippen molar-refractivity contribution in [1.82, 2.24) is 0 Å². The first-order valence-electron chi connectivity index (χ1n) is 6.04. The van der Waals surface area contributed by atoms with E-state index < -0.39 is 5.54 Å². The number of benzene rings is 1. The zero-order valence-corrected chi connectivity index (χ0v) is 10.5. The normalized spacial score (nSPS) is 12.9. The minimum Gasteiger partial charge on any atom is -0.327 e. The summed E-state index contributed by atoms with van der Waals surface area (Å²) in [4.78, 5) is 2.96. The van der Waals surface area contributed by atoms with E-state index in [4.69, 9.17) is 11.3 Å². The zero-order valence-electron chi connectivity index (χ0n) is 10.5. The van der Waals surface area contributed by atoms with Crippen molar-refractivity contribution in [3.63, 3.8) is 0 Å². The molecule has 0 aliphatic carbocycles. The van der Waals surface area contributed by atoms with Crippen molar-refractivity contribution >= 4 is 0 Å². The molecule has 4 heteroatoms. The minimum absolute atomic E-state index is 0.143. The zero-order chi connectivity index (χ0) is 12.7. The summed E-state index contributed by atoms with van der Waals surface area (Å²) in [6, 6.07) is 9.92. The van der Waals surface area contributed by atoms with Gasteiger partial charge in [-0.3, -0.25) is 0 Å². The highest BCUT2D eigenvalue weighted by Crippen LogP contribution is 2.26. The summed E-state index contributed by atoms with van der Waals surface area (Å²) in [5.41, 5.74) is 15.6. The van der Waals surface area contributed by atoms with Crippen LogP contribution in [0.1, 0.15) is 32.3 Å². The van der Waals surface area contributed by atoms with Gasteiger partial charge in [-0.05, 0) is 30.4 Å². The molecule has 0 saturated heterocycles. The predicted molar refractivity (Wildman–Crippen MR) is 70.6 cm³/mol. The smallest absolute Gasteiger partial charge is 0.0636 e. The maximum atomic E-state index is 8.68. The molecular weight excluding hydrogens is 212 g/mol. The lowest BCUT2D eigenvalue weighted by molar-refractivity contribution is 0.317. The Bertz CT molecular complexity index is 378. The molecule has 0 heterocycles. The summed E-state index contributed by atoms with van der Waals surface area (Å²) >= 11 is 0. The van der Waals surface area contributed by atoms with Gasteiger partial charge in [0.15, 0.2) is 0 Å². The Kier molecular flexibility index (Phi) is 5.01. The molecule has 1 atom stereocenters.